The summed E-state index contributed by atoms with van der Waals surface area (Å²) in [6.07, 6.45) is 1.18. The highest BCUT2D eigenvalue weighted by atomic mass is 35.5. The smallest absolute Gasteiger partial charge is 0.0911 e. The molecule has 0 radical (unpaired) electrons. The normalized spacial score (nSPS) is 10.8. The van der Waals surface area contributed by atoms with Crippen molar-refractivity contribution in [1.82, 2.24) is 9.71 Å². The molecular weight excluding hydrogens is 178 g/mol. The number of aromatic nitrogens is 2. The summed E-state index contributed by atoms with van der Waals surface area (Å²) in [5, 5.41) is 11.4. The van der Waals surface area contributed by atoms with E-state index in [1.54, 1.807) is 6.07 Å². The summed E-state index contributed by atoms with van der Waals surface area (Å²) in [6, 6.07) is 3.08. The zero-order valence-electron chi connectivity index (χ0n) is 5.99. The van der Waals surface area contributed by atoms with Crippen molar-refractivity contribution < 1.29 is 0 Å². The van der Waals surface area contributed by atoms with Gasteiger partial charge in [-0.25, -0.2) is 4.98 Å². The molecule has 0 bridgehead atoms. The van der Waals surface area contributed by atoms with E-state index in [4.69, 9.17) is 17.3 Å². The van der Waals surface area contributed by atoms with Gasteiger partial charge in [0.1, 0.15) is 0 Å². The van der Waals surface area contributed by atoms with Gasteiger partial charge in [-0.15, -0.1) is 0 Å². The van der Waals surface area contributed by atoms with Gasteiger partial charge in [0.2, 0.25) is 0 Å². The van der Waals surface area contributed by atoms with Gasteiger partial charge in [-0.1, -0.05) is 11.6 Å². The number of anilines is 1. The molecule has 2 aromatic rings. The third-order valence-electron chi connectivity index (χ3n) is 1.63. The lowest BCUT2D eigenvalue weighted by Gasteiger charge is -2.06. The number of nitrogen functional groups attached to an aromatic ring is 1. The van der Waals surface area contributed by atoms with Crippen molar-refractivity contribution in [2.45, 2.75) is 0 Å². The average Bonchev–Trinajstić information content (AvgIpc) is 2.35. The van der Waals surface area contributed by atoms with E-state index in [1.807, 2.05) is 0 Å². The topological polar surface area (TPSA) is 66.9 Å². The molecule has 2 rings (SSSR count). The first-order valence-electron chi connectivity index (χ1n) is 3.28. The molecule has 62 valence electrons. The van der Waals surface area contributed by atoms with E-state index in [9.17, 15) is 5.21 Å². The molecular formula is C7H5ClN3O-. The Morgan fingerprint density at radius 1 is 1.50 bits per heavy atom. The number of fused-ring (bicyclic) bond motifs is 1. The van der Waals surface area contributed by atoms with Crippen LogP contribution in [-0.2, 0) is 0 Å². The maximum atomic E-state index is 11.0. The van der Waals surface area contributed by atoms with E-state index in [2.05, 4.69) is 4.98 Å². The summed E-state index contributed by atoms with van der Waals surface area (Å²) in [6.45, 7) is 0. The summed E-state index contributed by atoms with van der Waals surface area (Å²) in [5.41, 5.74) is 6.95. The zero-order valence-corrected chi connectivity index (χ0v) is 6.75. The van der Waals surface area contributed by atoms with Gasteiger partial charge in [-0.2, -0.15) is 0 Å². The lowest BCUT2D eigenvalue weighted by Crippen LogP contribution is -1.87. The lowest BCUT2D eigenvalue weighted by atomic mass is 10.3. The Bertz CT molecular complexity index is 437. The summed E-state index contributed by atoms with van der Waals surface area (Å²) in [4.78, 5) is 3.83. The number of benzene rings is 1. The van der Waals surface area contributed by atoms with E-state index in [-0.39, 0.29) is 0 Å². The zero-order chi connectivity index (χ0) is 8.72. The first-order chi connectivity index (χ1) is 5.68. The van der Waals surface area contributed by atoms with Crippen LogP contribution in [0.25, 0.3) is 11.0 Å². The Morgan fingerprint density at radius 3 is 3.00 bits per heavy atom. The Balaban J connectivity index is 2.87. The summed E-state index contributed by atoms with van der Waals surface area (Å²) >= 11 is 5.71. The van der Waals surface area contributed by atoms with Crippen LogP contribution in [0.3, 0.4) is 0 Å². The van der Waals surface area contributed by atoms with Gasteiger partial charge in [0.25, 0.3) is 0 Å². The van der Waals surface area contributed by atoms with Gasteiger partial charge in [0.15, 0.2) is 0 Å². The molecule has 0 atom stereocenters. The molecule has 0 unspecified atom stereocenters. The summed E-state index contributed by atoms with van der Waals surface area (Å²) < 4.78 is 0.653. The number of hydrogen-bond acceptors (Lipinski definition) is 3. The fraction of sp³-hybridized carbons (Fsp3) is 0. The first kappa shape index (κ1) is 7.24. The number of halogens is 1. The van der Waals surface area contributed by atoms with Crippen LogP contribution in [0.5, 0.6) is 0 Å². The largest absolute Gasteiger partial charge is 0.805 e. The molecule has 0 aliphatic heterocycles. The van der Waals surface area contributed by atoms with Gasteiger partial charge in [0.05, 0.1) is 28.1 Å². The van der Waals surface area contributed by atoms with Crippen LogP contribution >= 0.6 is 11.6 Å². The lowest BCUT2D eigenvalue weighted by molar-refractivity contribution is 1.11. The highest BCUT2D eigenvalue weighted by Crippen LogP contribution is 2.24. The van der Waals surface area contributed by atoms with Crippen LogP contribution in [0.4, 0.5) is 5.69 Å². The molecule has 0 saturated carbocycles. The number of nitrogens with zero attached hydrogens (tertiary/aromatic N) is 2. The summed E-state index contributed by atoms with van der Waals surface area (Å²) in [5.74, 6) is 0. The van der Waals surface area contributed by atoms with E-state index >= 15 is 0 Å². The van der Waals surface area contributed by atoms with Gasteiger partial charge in [-0.3, -0.25) is 0 Å². The second-order valence-electron chi connectivity index (χ2n) is 2.43. The molecule has 0 amide bonds. The number of rotatable bonds is 0. The Labute approximate surface area is 73.1 Å². The molecule has 0 spiro atoms. The van der Waals surface area contributed by atoms with Crippen molar-refractivity contribution in [1.29, 1.82) is 0 Å². The average molecular weight is 183 g/mol. The van der Waals surface area contributed by atoms with Crippen LogP contribution in [0.15, 0.2) is 18.5 Å². The predicted molar refractivity (Wildman–Crippen MR) is 47.9 cm³/mol. The second-order valence-corrected chi connectivity index (χ2v) is 2.84. The molecule has 0 fully saturated rings. The number of imidazole rings is 1. The monoisotopic (exact) mass is 182 g/mol. The van der Waals surface area contributed by atoms with Crippen molar-refractivity contribution in [2.24, 2.45) is 0 Å². The Kier molecular flexibility index (Phi) is 1.38. The fourth-order valence-corrected chi connectivity index (χ4v) is 1.18. The minimum atomic E-state index is 0.375. The quantitative estimate of drug-likeness (QED) is 0.630. The molecule has 12 heavy (non-hydrogen) atoms. The molecule has 0 aliphatic rings. The third kappa shape index (κ3) is 0.887. The van der Waals surface area contributed by atoms with Crippen molar-refractivity contribution in [3.8, 4) is 0 Å². The fourth-order valence-electron chi connectivity index (χ4n) is 1.02. The number of nitrogens with two attached hydrogens (primary N) is 1. The van der Waals surface area contributed by atoms with Crippen LogP contribution in [-0.4, -0.2) is 9.71 Å². The maximum Gasteiger partial charge on any atom is 0.0911 e. The predicted octanol–water partition coefficient (Wildman–Crippen LogP) is 1.62. The Hall–Kier alpha value is -1.42. The SMILES string of the molecule is Nc1cc2ncn([O-])c2cc1Cl. The minimum Gasteiger partial charge on any atom is -0.805 e. The summed E-state index contributed by atoms with van der Waals surface area (Å²) in [7, 11) is 0. The molecule has 1 heterocycles. The molecule has 1 aromatic heterocycles. The third-order valence-corrected chi connectivity index (χ3v) is 1.96. The van der Waals surface area contributed by atoms with Crippen molar-refractivity contribution in [2.75, 3.05) is 5.73 Å². The van der Waals surface area contributed by atoms with Gasteiger partial charge in [-0.05, 0) is 12.1 Å². The van der Waals surface area contributed by atoms with Gasteiger partial charge < -0.3 is 15.7 Å². The van der Waals surface area contributed by atoms with Crippen LogP contribution in [0.2, 0.25) is 5.02 Å². The van der Waals surface area contributed by atoms with E-state index < -0.39 is 0 Å². The van der Waals surface area contributed by atoms with Crippen molar-refractivity contribution >= 4 is 28.3 Å². The molecule has 1 aromatic carbocycles. The highest BCUT2D eigenvalue weighted by Gasteiger charge is 2.01. The Morgan fingerprint density at radius 2 is 2.25 bits per heavy atom. The molecule has 5 heteroatoms. The minimum absolute atomic E-state index is 0.375. The van der Waals surface area contributed by atoms with E-state index in [0.717, 1.165) is 0 Å². The van der Waals surface area contributed by atoms with Crippen LogP contribution in [0.1, 0.15) is 0 Å². The van der Waals surface area contributed by atoms with E-state index in [0.29, 0.717) is 26.5 Å². The van der Waals surface area contributed by atoms with Gasteiger partial charge in [0, 0.05) is 0 Å². The van der Waals surface area contributed by atoms with E-state index in [1.165, 1.54) is 12.4 Å². The molecule has 0 aliphatic carbocycles. The molecule has 4 nitrogen and oxygen atoms in total. The first-order valence-corrected chi connectivity index (χ1v) is 3.66. The second kappa shape index (κ2) is 2.28. The van der Waals surface area contributed by atoms with Gasteiger partial charge >= 0.3 is 0 Å². The molecule has 2 N–H and O–H groups in total. The highest BCUT2D eigenvalue weighted by molar-refractivity contribution is 6.33. The van der Waals surface area contributed by atoms with Crippen LogP contribution in [0, 0.1) is 5.21 Å². The molecule has 0 saturated heterocycles. The van der Waals surface area contributed by atoms with Crippen molar-refractivity contribution in [3.63, 3.8) is 0 Å². The standard InChI is InChI=1S/C7H5ClN3O/c8-4-1-7-6(2-5(4)9)10-3-11(7)12/h1-3H,9H2/q-1. The van der Waals surface area contributed by atoms with Crippen molar-refractivity contribution in [3.05, 3.63) is 28.7 Å². The number of hydrogen-bond donors (Lipinski definition) is 1. The maximum absolute atomic E-state index is 11.0. The van der Waals surface area contributed by atoms with Crippen LogP contribution < -0.4 is 5.73 Å².